The molecule has 0 saturated carbocycles. The maximum Gasteiger partial charge on any atom is 0.119 e. The number of anilines is 2. The molecule has 1 aliphatic carbocycles. The van der Waals surface area contributed by atoms with Gasteiger partial charge in [-0.25, -0.2) is 0 Å². The molecule has 0 aliphatic heterocycles. The lowest BCUT2D eigenvalue weighted by atomic mass is 10.1. The van der Waals surface area contributed by atoms with Crippen LogP contribution in [-0.4, -0.2) is 7.11 Å². The van der Waals surface area contributed by atoms with E-state index < -0.39 is 0 Å². The molecule has 116 valence electrons. The van der Waals surface area contributed by atoms with E-state index >= 15 is 0 Å². The van der Waals surface area contributed by atoms with Gasteiger partial charge in [-0.3, -0.25) is 0 Å². The molecule has 23 heavy (non-hydrogen) atoms. The number of methoxy groups -OCH3 is 1. The van der Waals surface area contributed by atoms with Crippen LogP contribution in [0, 0.1) is 0 Å². The van der Waals surface area contributed by atoms with E-state index in [9.17, 15) is 0 Å². The van der Waals surface area contributed by atoms with Crippen molar-refractivity contribution < 1.29 is 4.74 Å². The summed E-state index contributed by atoms with van der Waals surface area (Å²) in [7, 11) is 1.63. The summed E-state index contributed by atoms with van der Waals surface area (Å²) in [5.74, 6) is 0.837. The Morgan fingerprint density at radius 2 is 1.39 bits per heavy atom. The van der Waals surface area contributed by atoms with Crippen LogP contribution in [0.4, 0.5) is 11.4 Å². The quantitative estimate of drug-likeness (QED) is 0.520. The van der Waals surface area contributed by atoms with Gasteiger partial charge in [-0.15, -0.1) is 0 Å². The molecule has 1 aliphatic rings. The Hall–Kier alpha value is -2.94. The average molecular weight is 304 g/mol. The van der Waals surface area contributed by atoms with Gasteiger partial charge in [0.2, 0.25) is 0 Å². The monoisotopic (exact) mass is 304 g/mol. The third-order valence-electron chi connectivity index (χ3n) is 3.93. The van der Waals surface area contributed by atoms with E-state index in [1.54, 1.807) is 19.2 Å². The van der Waals surface area contributed by atoms with Crippen molar-refractivity contribution in [2.24, 2.45) is 0 Å². The number of nitrogen functional groups attached to an aromatic ring is 2. The summed E-state index contributed by atoms with van der Waals surface area (Å²) in [6.07, 6.45) is 1.02. The molecule has 3 aromatic rings. The Labute approximate surface area is 136 Å². The fourth-order valence-corrected chi connectivity index (χ4v) is 2.77. The molecular formula is C20H20N2O. The van der Waals surface area contributed by atoms with Crippen LogP contribution in [0.3, 0.4) is 0 Å². The van der Waals surface area contributed by atoms with Gasteiger partial charge < -0.3 is 16.2 Å². The summed E-state index contributed by atoms with van der Waals surface area (Å²) in [6.45, 7) is 0. The summed E-state index contributed by atoms with van der Waals surface area (Å²) in [4.78, 5) is 0. The van der Waals surface area contributed by atoms with Crippen LogP contribution < -0.4 is 16.2 Å². The van der Waals surface area contributed by atoms with Gasteiger partial charge in [-0.1, -0.05) is 30.3 Å². The predicted octanol–water partition coefficient (Wildman–Crippen LogP) is 4.12. The first-order valence-electron chi connectivity index (χ1n) is 7.53. The summed E-state index contributed by atoms with van der Waals surface area (Å²) >= 11 is 0. The number of hydrogen-bond donors (Lipinski definition) is 2. The molecule has 3 nitrogen and oxygen atoms in total. The van der Waals surface area contributed by atoms with E-state index in [1.807, 2.05) is 18.2 Å². The molecule has 3 heteroatoms. The van der Waals surface area contributed by atoms with Crippen LogP contribution in [-0.2, 0) is 6.42 Å². The fourth-order valence-electron chi connectivity index (χ4n) is 2.77. The van der Waals surface area contributed by atoms with Gasteiger partial charge in [0.25, 0.3) is 0 Å². The van der Waals surface area contributed by atoms with Gasteiger partial charge in [0, 0.05) is 11.4 Å². The summed E-state index contributed by atoms with van der Waals surface area (Å²) in [5.41, 5.74) is 18.3. The molecule has 0 amide bonds. The maximum absolute atomic E-state index is 5.77. The molecule has 0 heterocycles. The van der Waals surface area contributed by atoms with Gasteiger partial charge in [0.1, 0.15) is 5.75 Å². The van der Waals surface area contributed by atoms with E-state index in [0.717, 1.165) is 23.5 Å². The molecule has 4 N–H and O–H groups in total. The summed E-state index contributed by atoms with van der Waals surface area (Å²) in [5, 5.41) is 0. The molecule has 0 bridgehead atoms. The lowest BCUT2D eigenvalue weighted by molar-refractivity contribution is 0.415. The normalized spacial score (nSPS) is 11.0. The third-order valence-corrected chi connectivity index (χ3v) is 3.93. The second-order valence-corrected chi connectivity index (χ2v) is 5.52. The Bertz CT molecular complexity index is 810. The zero-order valence-corrected chi connectivity index (χ0v) is 13.1. The largest absolute Gasteiger partial charge is 0.497 e. The summed E-state index contributed by atoms with van der Waals surface area (Å²) in [6, 6.07) is 22.0. The highest BCUT2D eigenvalue weighted by molar-refractivity contribution is 5.78. The Kier molecular flexibility index (Phi) is 4.20. The van der Waals surface area contributed by atoms with E-state index in [2.05, 4.69) is 36.4 Å². The Balaban J connectivity index is 0.000000151. The van der Waals surface area contributed by atoms with Crippen molar-refractivity contribution in [1.29, 1.82) is 0 Å². The van der Waals surface area contributed by atoms with Gasteiger partial charge in [0.05, 0.1) is 7.11 Å². The zero-order valence-electron chi connectivity index (χ0n) is 13.1. The smallest absolute Gasteiger partial charge is 0.119 e. The van der Waals surface area contributed by atoms with Crippen molar-refractivity contribution in [2.45, 2.75) is 6.42 Å². The molecule has 0 fully saturated rings. The van der Waals surface area contributed by atoms with Gasteiger partial charge in [0.15, 0.2) is 0 Å². The van der Waals surface area contributed by atoms with Crippen molar-refractivity contribution in [2.75, 3.05) is 18.6 Å². The molecule has 3 aromatic carbocycles. The molecule has 0 atom stereocenters. The zero-order chi connectivity index (χ0) is 16.2. The minimum absolute atomic E-state index is 0.760. The van der Waals surface area contributed by atoms with E-state index in [1.165, 1.54) is 22.3 Å². The lowest BCUT2D eigenvalue weighted by Gasteiger charge is -2.00. The number of benzene rings is 3. The van der Waals surface area contributed by atoms with Crippen LogP contribution in [0.2, 0.25) is 0 Å². The Morgan fingerprint density at radius 3 is 2.13 bits per heavy atom. The van der Waals surface area contributed by atoms with Crippen molar-refractivity contribution in [3.05, 3.63) is 77.9 Å². The number of ether oxygens (including phenoxy) is 1. The minimum atomic E-state index is 0.760. The van der Waals surface area contributed by atoms with Gasteiger partial charge in [-0.05, 0) is 65.1 Å². The fraction of sp³-hybridized carbons (Fsp3) is 0.100. The van der Waals surface area contributed by atoms with Gasteiger partial charge in [-0.2, -0.15) is 0 Å². The Morgan fingerprint density at radius 1 is 0.739 bits per heavy atom. The summed E-state index contributed by atoms with van der Waals surface area (Å²) < 4.78 is 4.91. The number of hydrogen-bond acceptors (Lipinski definition) is 3. The van der Waals surface area contributed by atoms with Crippen LogP contribution in [0.1, 0.15) is 11.1 Å². The molecule has 0 unspecified atom stereocenters. The average Bonchev–Trinajstić information content (AvgIpc) is 2.93. The van der Waals surface area contributed by atoms with Crippen molar-refractivity contribution >= 4 is 11.4 Å². The van der Waals surface area contributed by atoms with E-state index in [4.69, 9.17) is 16.2 Å². The standard InChI is InChI=1S/C13H11N.C7H9NO/c14-11-5-6-13-10(8-11)7-9-3-1-2-4-12(9)13;1-9-7-4-2-6(8)3-5-7/h1-6,8H,7,14H2;2-5H,8H2,1H3. The molecule has 4 rings (SSSR count). The maximum atomic E-state index is 5.77. The molecule has 0 aromatic heterocycles. The lowest BCUT2D eigenvalue weighted by Crippen LogP contribution is -1.86. The van der Waals surface area contributed by atoms with Crippen molar-refractivity contribution in [3.63, 3.8) is 0 Å². The van der Waals surface area contributed by atoms with Crippen LogP contribution in [0.15, 0.2) is 66.7 Å². The molecule has 0 radical (unpaired) electrons. The third kappa shape index (κ3) is 3.29. The topological polar surface area (TPSA) is 61.3 Å². The van der Waals surface area contributed by atoms with Crippen molar-refractivity contribution in [3.8, 4) is 16.9 Å². The van der Waals surface area contributed by atoms with E-state index in [-0.39, 0.29) is 0 Å². The molecule has 0 spiro atoms. The minimum Gasteiger partial charge on any atom is -0.497 e. The first-order valence-corrected chi connectivity index (χ1v) is 7.53. The first-order chi connectivity index (χ1) is 11.2. The second kappa shape index (κ2) is 6.44. The van der Waals surface area contributed by atoms with E-state index in [0.29, 0.717) is 0 Å². The highest BCUT2D eigenvalue weighted by Gasteiger charge is 2.16. The predicted molar refractivity (Wildman–Crippen MR) is 96.5 cm³/mol. The number of nitrogens with two attached hydrogens (primary N) is 2. The SMILES string of the molecule is COc1ccc(N)cc1.Nc1ccc2c(c1)Cc1ccccc1-2. The number of fused-ring (bicyclic) bond motifs is 3. The second-order valence-electron chi connectivity index (χ2n) is 5.52. The highest BCUT2D eigenvalue weighted by Crippen LogP contribution is 2.36. The molecule has 0 saturated heterocycles. The van der Waals surface area contributed by atoms with Crippen LogP contribution in [0.5, 0.6) is 5.75 Å². The van der Waals surface area contributed by atoms with Crippen LogP contribution in [0.25, 0.3) is 11.1 Å². The van der Waals surface area contributed by atoms with Gasteiger partial charge >= 0.3 is 0 Å². The molecular weight excluding hydrogens is 284 g/mol. The highest BCUT2D eigenvalue weighted by atomic mass is 16.5. The first kappa shape index (κ1) is 15.0. The van der Waals surface area contributed by atoms with Crippen molar-refractivity contribution in [1.82, 2.24) is 0 Å². The van der Waals surface area contributed by atoms with Crippen LogP contribution >= 0.6 is 0 Å². The number of rotatable bonds is 1.